The Morgan fingerprint density at radius 3 is 2.62 bits per heavy atom. The second-order valence-electron chi connectivity index (χ2n) is 3.34. The second-order valence-corrected chi connectivity index (χ2v) is 3.72. The Morgan fingerprint density at radius 2 is 2.12 bits per heavy atom. The molecule has 3 nitrogen and oxygen atoms in total. The third kappa shape index (κ3) is 2.92. The molecule has 0 spiro atoms. The van der Waals surface area contributed by atoms with Gasteiger partial charge in [-0.1, -0.05) is 6.07 Å². The van der Waals surface area contributed by atoms with Crippen LogP contribution in [0.25, 0.3) is 0 Å². The summed E-state index contributed by atoms with van der Waals surface area (Å²) in [5.74, 6) is -0.531. The van der Waals surface area contributed by atoms with E-state index >= 15 is 0 Å². The molecular formula is C11H11ClFNO2. The Hall–Kier alpha value is -1.15. The number of nitriles is 1. The van der Waals surface area contributed by atoms with E-state index in [1.54, 1.807) is 6.07 Å². The smallest absolute Gasteiger partial charge is 0.130 e. The van der Waals surface area contributed by atoms with E-state index in [0.29, 0.717) is 0 Å². The Bertz CT molecular complexity index is 405. The number of hydrogen-bond donors (Lipinski definition) is 2. The predicted octanol–water partition coefficient (Wildman–Crippen LogP) is 1.72. The molecule has 0 amide bonds. The van der Waals surface area contributed by atoms with Crippen molar-refractivity contribution in [1.29, 1.82) is 5.26 Å². The summed E-state index contributed by atoms with van der Waals surface area (Å²) in [7, 11) is 0. The summed E-state index contributed by atoms with van der Waals surface area (Å²) < 4.78 is 13.4. The molecule has 0 aliphatic rings. The standard InChI is InChI=1S/C11H11ClFNO2/c12-4-3-10(15)11(16)8-2-1-7(6-14)5-9(8)13/h1-2,5,10-11,15-16H,3-4H2. The summed E-state index contributed by atoms with van der Waals surface area (Å²) >= 11 is 5.41. The molecule has 0 heterocycles. The number of halogens is 2. The van der Waals surface area contributed by atoms with E-state index in [-0.39, 0.29) is 23.4 Å². The Labute approximate surface area is 97.7 Å². The molecule has 0 aromatic heterocycles. The molecule has 86 valence electrons. The van der Waals surface area contributed by atoms with Crippen molar-refractivity contribution in [2.24, 2.45) is 0 Å². The zero-order chi connectivity index (χ0) is 12.1. The average molecular weight is 244 g/mol. The Morgan fingerprint density at radius 1 is 1.44 bits per heavy atom. The minimum Gasteiger partial charge on any atom is -0.390 e. The monoisotopic (exact) mass is 243 g/mol. The maximum Gasteiger partial charge on any atom is 0.130 e. The normalized spacial score (nSPS) is 14.2. The molecule has 16 heavy (non-hydrogen) atoms. The maximum atomic E-state index is 13.4. The predicted molar refractivity (Wildman–Crippen MR) is 57.4 cm³/mol. The topological polar surface area (TPSA) is 64.2 Å². The van der Waals surface area contributed by atoms with Crippen molar-refractivity contribution in [3.05, 3.63) is 35.1 Å². The SMILES string of the molecule is N#Cc1ccc(C(O)C(O)CCCl)c(F)c1. The maximum absolute atomic E-state index is 13.4. The first-order valence-corrected chi connectivity index (χ1v) is 5.25. The summed E-state index contributed by atoms with van der Waals surface area (Å²) in [5.41, 5.74) is 0.136. The number of rotatable bonds is 4. The average Bonchev–Trinajstić information content (AvgIpc) is 2.28. The van der Waals surface area contributed by atoms with E-state index in [1.165, 1.54) is 12.1 Å². The quantitative estimate of drug-likeness (QED) is 0.792. The summed E-state index contributed by atoms with van der Waals surface area (Å²) in [6.45, 7) is 0. The first-order chi connectivity index (χ1) is 7.60. The van der Waals surface area contributed by atoms with Gasteiger partial charge in [0.1, 0.15) is 11.9 Å². The van der Waals surface area contributed by atoms with Crippen LogP contribution >= 0.6 is 11.6 Å². The van der Waals surface area contributed by atoms with Crippen molar-refractivity contribution in [1.82, 2.24) is 0 Å². The third-order valence-electron chi connectivity index (χ3n) is 2.22. The highest BCUT2D eigenvalue weighted by molar-refractivity contribution is 6.17. The van der Waals surface area contributed by atoms with Crippen LogP contribution in [0.3, 0.4) is 0 Å². The lowest BCUT2D eigenvalue weighted by Gasteiger charge is -2.17. The molecular weight excluding hydrogens is 233 g/mol. The van der Waals surface area contributed by atoms with Gasteiger partial charge in [0.2, 0.25) is 0 Å². The summed E-state index contributed by atoms with van der Waals surface area (Å²) in [5, 5.41) is 27.6. The molecule has 0 aliphatic heterocycles. The van der Waals surface area contributed by atoms with Gasteiger partial charge in [0.15, 0.2) is 0 Å². The van der Waals surface area contributed by atoms with Crippen LogP contribution in [0.5, 0.6) is 0 Å². The minimum atomic E-state index is -1.33. The van der Waals surface area contributed by atoms with Crippen molar-refractivity contribution in [2.75, 3.05) is 5.88 Å². The van der Waals surface area contributed by atoms with E-state index in [1.807, 2.05) is 0 Å². The summed E-state index contributed by atoms with van der Waals surface area (Å²) in [6, 6.07) is 5.47. The van der Waals surface area contributed by atoms with Crippen LogP contribution in [0.15, 0.2) is 18.2 Å². The van der Waals surface area contributed by atoms with Crippen LogP contribution in [0.2, 0.25) is 0 Å². The van der Waals surface area contributed by atoms with Gasteiger partial charge >= 0.3 is 0 Å². The lowest BCUT2D eigenvalue weighted by molar-refractivity contribution is 0.0149. The van der Waals surface area contributed by atoms with Crippen molar-refractivity contribution < 1.29 is 14.6 Å². The lowest BCUT2D eigenvalue weighted by atomic mass is 10.0. The first-order valence-electron chi connectivity index (χ1n) is 4.71. The molecule has 1 rings (SSSR count). The van der Waals surface area contributed by atoms with Gasteiger partial charge in [-0.25, -0.2) is 4.39 Å². The van der Waals surface area contributed by atoms with Gasteiger partial charge in [-0.05, 0) is 18.6 Å². The van der Waals surface area contributed by atoms with Crippen LogP contribution in [0.1, 0.15) is 23.7 Å². The van der Waals surface area contributed by atoms with Gasteiger partial charge in [0.25, 0.3) is 0 Å². The molecule has 1 aromatic rings. The summed E-state index contributed by atoms with van der Waals surface area (Å²) in [4.78, 5) is 0. The molecule has 2 N–H and O–H groups in total. The van der Waals surface area contributed by atoms with Crippen LogP contribution in [-0.2, 0) is 0 Å². The highest BCUT2D eigenvalue weighted by Gasteiger charge is 2.21. The minimum absolute atomic E-state index is 0.0309. The van der Waals surface area contributed by atoms with E-state index in [2.05, 4.69) is 0 Å². The van der Waals surface area contributed by atoms with Gasteiger partial charge < -0.3 is 10.2 Å². The number of aliphatic hydroxyl groups excluding tert-OH is 2. The highest BCUT2D eigenvalue weighted by Crippen LogP contribution is 2.22. The van der Waals surface area contributed by atoms with Crippen molar-refractivity contribution in [3.63, 3.8) is 0 Å². The third-order valence-corrected chi connectivity index (χ3v) is 2.44. The van der Waals surface area contributed by atoms with Crippen molar-refractivity contribution in [2.45, 2.75) is 18.6 Å². The lowest BCUT2D eigenvalue weighted by Crippen LogP contribution is -2.19. The van der Waals surface area contributed by atoms with Gasteiger partial charge in [-0.15, -0.1) is 11.6 Å². The van der Waals surface area contributed by atoms with Gasteiger partial charge in [0.05, 0.1) is 17.7 Å². The molecule has 1 aromatic carbocycles. The Balaban J connectivity index is 2.92. The van der Waals surface area contributed by atoms with E-state index < -0.39 is 18.0 Å². The van der Waals surface area contributed by atoms with Crippen molar-refractivity contribution >= 4 is 11.6 Å². The fourth-order valence-corrected chi connectivity index (χ4v) is 1.54. The van der Waals surface area contributed by atoms with Crippen LogP contribution in [0.4, 0.5) is 4.39 Å². The van der Waals surface area contributed by atoms with E-state index in [9.17, 15) is 14.6 Å². The molecule has 0 saturated heterocycles. The first kappa shape index (κ1) is 12.9. The van der Waals surface area contributed by atoms with Gasteiger partial charge in [-0.3, -0.25) is 0 Å². The zero-order valence-electron chi connectivity index (χ0n) is 8.40. The number of alkyl halides is 1. The van der Waals surface area contributed by atoms with Crippen molar-refractivity contribution in [3.8, 4) is 6.07 Å². The van der Waals surface area contributed by atoms with E-state index in [4.69, 9.17) is 16.9 Å². The van der Waals surface area contributed by atoms with E-state index in [0.717, 1.165) is 6.07 Å². The van der Waals surface area contributed by atoms with Crippen LogP contribution < -0.4 is 0 Å². The van der Waals surface area contributed by atoms with Crippen LogP contribution in [0, 0.1) is 17.1 Å². The zero-order valence-corrected chi connectivity index (χ0v) is 9.15. The Kier molecular flexibility index (Phi) is 4.69. The molecule has 2 atom stereocenters. The molecule has 0 saturated carbocycles. The molecule has 2 unspecified atom stereocenters. The fraction of sp³-hybridized carbons (Fsp3) is 0.364. The number of aliphatic hydroxyl groups is 2. The molecule has 5 heteroatoms. The molecule has 0 bridgehead atoms. The molecule has 0 fully saturated rings. The largest absolute Gasteiger partial charge is 0.390 e. The molecule has 0 aliphatic carbocycles. The van der Waals surface area contributed by atoms with Crippen LogP contribution in [-0.4, -0.2) is 22.2 Å². The summed E-state index contributed by atoms with van der Waals surface area (Å²) in [6.07, 6.45) is -2.27. The number of hydrogen-bond acceptors (Lipinski definition) is 3. The fourth-order valence-electron chi connectivity index (χ4n) is 1.31. The highest BCUT2D eigenvalue weighted by atomic mass is 35.5. The van der Waals surface area contributed by atoms with Gasteiger partial charge in [0, 0.05) is 11.4 Å². The second kappa shape index (κ2) is 5.80. The number of nitrogens with zero attached hydrogens (tertiary/aromatic N) is 1. The van der Waals surface area contributed by atoms with Gasteiger partial charge in [-0.2, -0.15) is 5.26 Å². The molecule has 0 radical (unpaired) electrons. The number of benzene rings is 1.